The van der Waals surface area contributed by atoms with Crippen LogP contribution in [0, 0.1) is 0 Å². The molecule has 3 nitrogen and oxygen atoms in total. The van der Waals surface area contributed by atoms with Gasteiger partial charge in [0, 0.05) is 5.56 Å². The van der Waals surface area contributed by atoms with Gasteiger partial charge in [0.05, 0.1) is 17.6 Å². The number of nitrogens with two attached hydrogens (primary N) is 1. The zero-order chi connectivity index (χ0) is 10.8. The van der Waals surface area contributed by atoms with E-state index >= 15 is 0 Å². The van der Waals surface area contributed by atoms with E-state index in [0.717, 1.165) is 11.3 Å². The van der Waals surface area contributed by atoms with Gasteiger partial charge >= 0.3 is 0 Å². The van der Waals surface area contributed by atoms with Gasteiger partial charge in [-0.3, -0.25) is 5.10 Å². The van der Waals surface area contributed by atoms with Gasteiger partial charge in [0.25, 0.3) is 0 Å². The van der Waals surface area contributed by atoms with Crippen LogP contribution in [0.15, 0.2) is 30.5 Å². The molecule has 1 aromatic heterocycles. The highest BCUT2D eigenvalue weighted by atomic mass is 15.1. The molecule has 3 N–H and O–H groups in total. The van der Waals surface area contributed by atoms with Crippen LogP contribution < -0.4 is 5.73 Å². The quantitative estimate of drug-likeness (QED) is 0.785. The first-order valence-corrected chi connectivity index (χ1v) is 5.08. The van der Waals surface area contributed by atoms with Crippen molar-refractivity contribution in [3.05, 3.63) is 36.0 Å². The van der Waals surface area contributed by atoms with E-state index in [4.69, 9.17) is 5.73 Å². The van der Waals surface area contributed by atoms with Crippen LogP contribution in [-0.2, 0) is 0 Å². The van der Waals surface area contributed by atoms with E-state index in [9.17, 15) is 0 Å². The molecule has 0 atom stereocenters. The minimum atomic E-state index is 0.476. The van der Waals surface area contributed by atoms with Crippen molar-refractivity contribution in [2.45, 2.75) is 19.8 Å². The van der Waals surface area contributed by atoms with Crippen LogP contribution in [0.1, 0.15) is 25.3 Å². The summed E-state index contributed by atoms with van der Waals surface area (Å²) in [5.74, 6) is 0.476. The minimum absolute atomic E-state index is 0.476. The molecule has 0 fully saturated rings. The van der Waals surface area contributed by atoms with Gasteiger partial charge in [-0.1, -0.05) is 38.1 Å². The molecule has 0 radical (unpaired) electrons. The van der Waals surface area contributed by atoms with Gasteiger partial charge in [0.1, 0.15) is 0 Å². The summed E-state index contributed by atoms with van der Waals surface area (Å²) >= 11 is 0. The second kappa shape index (κ2) is 3.77. The summed E-state index contributed by atoms with van der Waals surface area (Å²) in [5.41, 5.74) is 9.89. The minimum Gasteiger partial charge on any atom is -0.396 e. The number of nitrogens with zero attached hydrogens (tertiary/aromatic N) is 1. The summed E-state index contributed by atoms with van der Waals surface area (Å²) in [7, 11) is 0. The first-order valence-electron chi connectivity index (χ1n) is 5.08. The van der Waals surface area contributed by atoms with Crippen LogP contribution in [0.2, 0.25) is 0 Å². The maximum atomic E-state index is 5.85. The standard InChI is InChI=1S/C12H15N3/c1-8(2)9-5-3-4-6-10(9)12-11(13)7-14-15-12/h3-8H,13H2,1-2H3,(H,14,15). The van der Waals surface area contributed by atoms with Gasteiger partial charge < -0.3 is 5.73 Å². The zero-order valence-electron chi connectivity index (χ0n) is 8.99. The Bertz CT molecular complexity index is 457. The number of anilines is 1. The molecular weight excluding hydrogens is 186 g/mol. The van der Waals surface area contributed by atoms with Gasteiger partial charge in [-0.25, -0.2) is 0 Å². The Morgan fingerprint density at radius 2 is 2.00 bits per heavy atom. The molecule has 0 spiro atoms. The zero-order valence-corrected chi connectivity index (χ0v) is 8.99. The summed E-state index contributed by atoms with van der Waals surface area (Å²) in [4.78, 5) is 0. The highest BCUT2D eigenvalue weighted by Gasteiger charge is 2.11. The van der Waals surface area contributed by atoms with Crippen molar-refractivity contribution >= 4 is 5.69 Å². The van der Waals surface area contributed by atoms with Crippen LogP contribution in [-0.4, -0.2) is 10.2 Å². The summed E-state index contributed by atoms with van der Waals surface area (Å²) in [6.45, 7) is 4.34. The smallest absolute Gasteiger partial charge is 0.0882 e. The topological polar surface area (TPSA) is 54.7 Å². The molecule has 0 aliphatic heterocycles. The number of hydrogen-bond acceptors (Lipinski definition) is 2. The molecule has 3 heteroatoms. The lowest BCUT2D eigenvalue weighted by atomic mass is 9.95. The fourth-order valence-electron chi connectivity index (χ4n) is 1.74. The van der Waals surface area contributed by atoms with E-state index in [2.05, 4.69) is 36.2 Å². The van der Waals surface area contributed by atoms with Crippen molar-refractivity contribution in [3.8, 4) is 11.3 Å². The largest absolute Gasteiger partial charge is 0.396 e. The number of H-pyrrole nitrogens is 1. The summed E-state index contributed by atoms with van der Waals surface area (Å²) < 4.78 is 0. The number of nitrogen functional groups attached to an aromatic ring is 1. The highest BCUT2D eigenvalue weighted by molar-refractivity contribution is 5.74. The fraction of sp³-hybridized carbons (Fsp3) is 0.250. The maximum absolute atomic E-state index is 5.85. The second-order valence-electron chi connectivity index (χ2n) is 3.94. The molecule has 15 heavy (non-hydrogen) atoms. The van der Waals surface area contributed by atoms with E-state index in [1.807, 2.05) is 12.1 Å². The van der Waals surface area contributed by atoms with Crippen molar-refractivity contribution in [3.63, 3.8) is 0 Å². The lowest BCUT2D eigenvalue weighted by Gasteiger charge is -2.11. The normalized spacial score (nSPS) is 10.9. The molecule has 0 aliphatic rings. The summed E-state index contributed by atoms with van der Waals surface area (Å²) in [6, 6.07) is 8.26. The van der Waals surface area contributed by atoms with Gasteiger partial charge in [-0.15, -0.1) is 0 Å². The first kappa shape index (κ1) is 9.77. The maximum Gasteiger partial charge on any atom is 0.0882 e. The summed E-state index contributed by atoms with van der Waals surface area (Å²) in [5, 5.41) is 6.89. The van der Waals surface area contributed by atoms with E-state index in [0.29, 0.717) is 11.6 Å². The number of hydrogen-bond donors (Lipinski definition) is 2. The average Bonchev–Trinajstić information content (AvgIpc) is 2.64. The molecule has 0 bridgehead atoms. The molecule has 2 aromatic rings. The molecular formula is C12H15N3. The number of nitrogens with one attached hydrogen (secondary N) is 1. The van der Waals surface area contributed by atoms with Crippen molar-refractivity contribution < 1.29 is 0 Å². The van der Waals surface area contributed by atoms with E-state index < -0.39 is 0 Å². The average molecular weight is 201 g/mol. The van der Waals surface area contributed by atoms with Crippen molar-refractivity contribution in [1.82, 2.24) is 10.2 Å². The van der Waals surface area contributed by atoms with Crippen LogP contribution in [0.25, 0.3) is 11.3 Å². The van der Waals surface area contributed by atoms with Gasteiger partial charge in [0.2, 0.25) is 0 Å². The second-order valence-corrected chi connectivity index (χ2v) is 3.94. The van der Waals surface area contributed by atoms with Gasteiger partial charge in [-0.2, -0.15) is 5.10 Å². The molecule has 1 aromatic carbocycles. The van der Waals surface area contributed by atoms with Crippen LogP contribution in [0.5, 0.6) is 0 Å². The molecule has 2 rings (SSSR count). The summed E-state index contributed by atoms with van der Waals surface area (Å²) in [6.07, 6.45) is 1.65. The third-order valence-corrected chi connectivity index (χ3v) is 2.52. The van der Waals surface area contributed by atoms with Crippen molar-refractivity contribution in [2.75, 3.05) is 5.73 Å². The lowest BCUT2D eigenvalue weighted by molar-refractivity contribution is 0.867. The molecule has 0 saturated heterocycles. The third-order valence-electron chi connectivity index (χ3n) is 2.52. The van der Waals surface area contributed by atoms with Gasteiger partial charge in [0.15, 0.2) is 0 Å². The number of aromatic nitrogens is 2. The van der Waals surface area contributed by atoms with E-state index in [1.165, 1.54) is 5.56 Å². The molecule has 0 unspecified atom stereocenters. The number of aromatic amines is 1. The Hall–Kier alpha value is -1.77. The Labute approximate surface area is 89.3 Å². The lowest BCUT2D eigenvalue weighted by Crippen LogP contribution is -1.94. The molecule has 0 amide bonds. The first-order chi connectivity index (χ1) is 7.20. The Morgan fingerprint density at radius 3 is 2.60 bits per heavy atom. The monoisotopic (exact) mass is 201 g/mol. The Morgan fingerprint density at radius 1 is 1.27 bits per heavy atom. The van der Waals surface area contributed by atoms with E-state index in [1.54, 1.807) is 6.20 Å². The number of benzene rings is 1. The third kappa shape index (κ3) is 1.73. The molecule has 78 valence electrons. The predicted molar refractivity (Wildman–Crippen MR) is 62.5 cm³/mol. The molecule has 0 aliphatic carbocycles. The Balaban J connectivity index is 2.58. The SMILES string of the molecule is CC(C)c1ccccc1-c1[nH]ncc1N. The van der Waals surface area contributed by atoms with Crippen molar-refractivity contribution in [1.29, 1.82) is 0 Å². The Kier molecular flexibility index (Phi) is 2.46. The van der Waals surface area contributed by atoms with Gasteiger partial charge in [-0.05, 0) is 11.5 Å². The highest BCUT2D eigenvalue weighted by Crippen LogP contribution is 2.30. The fourth-order valence-corrected chi connectivity index (χ4v) is 1.74. The van der Waals surface area contributed by atoms with Crippen molar-refractivity contribution in [2.24, 2.45) is 0 Å². The van der Waals surface area contributed by atoms with Crippen LogP contribution in [0.3, 0.4) is 0 Å². The molecule has 0 saturated carbocycles. The number of rotatable bonds is 2. The van der Waals surface area contributed by atoms with Crippen LogP contribution >= 0.6 is 0 Å². The van der Waals surface area contributed by atoms with E-state index in [-0.39, 0.29) is 0 Å². The van der Waals surface area contributed by atoms with Crippen LogP contribution in [0.4, 0.5) is 5.69 Å². The molecule has 1 heterocycles. The predicted octanol–water partition coefficient (Wildman–Crippen LogP) is 2.78.